The van der Waals surface area contributed by atoms with Crippen LogP contribution in [0, 0.1) is 13.8 Å². The fraction of sp³-hybridized carbons (Fsp3) is 0.118. The van der Waals surface area contributed by atoms with Crippen LogP contribution < -0.4 is 0 Å². The van der Waals surface area contributed by atoms with Crippen molar-refractivity contribution in [2.75, 3.05) is 0 Å². The Morgan fingerprint density at radius 1 is 1.14 bits per heavy atom. The maximum absolute atomic E-state index is 12.3. The van der Waals surface area contributed by atoms with E-state index in [1.54, 1.807) is 44.2 Å². The topological polar surface area (TPSA) is 37.3 Å². The Kier molecular flexibility index (Phi) is 4.71. The Morgan fingerprint density at radius 3 is 2.38 bits per heavy atom. The fourth-order valence-electron chi connectivity index (χ4n) is 2.08. The van der Waals surface area contributed by atoms with Crippen molar-refractivity contribution in [2.45, 2.75) is 13.8 Å². The summed E-state index contributed by atoms with van der Waals surface area (Å²) in [5.74, 6) is -0.345. The number of carbonyl (C=O) groups is 1. The van der Waals surface area contributed by atoms with Gasteiger partial charge in [0.05, 0.1) is 5.56 Å². The van der Waals surface area contributed by atoms with Gasteiger partial charge in [0.1, 0.15) is 5.75 Å². The third-order valence-electron chi connectivity index (χ3n) is 3.20. The van der Waals surface area contributed by atoms with Gasteiger partial charge < -0.3 is 5.11 Å². The van der Waals surface area contributed by atoms with Crippen LogP contribution in [-0.2, 0) is 0 Å². The van der Waals surface area contributed by atoms with Gasteiger partial charge in [0.2, 0.25) is 0 Å². The zero-order chi connectivity index (χ0) is 15.6. The average Bonchev–Trinajstić information content (AvgIpc) is 2.44. The Bertz CT molecular complexity index is 717. The number of benzene rings is 2. The van der Waals surface area contributed by atoms with Gasteiger partial charge in [-0.2, -0.15) is 0 Å². The summed E-state index contributed by atoms with van der Waals surface area (Å²) in [5, 5.41) is 11.1. The highest BCUT2D eigenvalue weighted by atomic mass is 35.5. The molecule has 0 aliphatic rings. The number of allylic oxidation sites excluding steroid dienone is 1. The lowest BCUT2D eigenvalue weighted by Gasteiger charge is -2.09. The van der Waals surface area contributed by atoms with Crippen LogP contribution in [-0.4, -0.2) is 10.9 Å². The second-order valence-corrected chi connectivity index (χ2v) is 5.59. The Hall–Kier alpha value is -1.77. The normalized spacial score (nSPS) is 11.0. The fourth-order valence-corrected chi connectivity index (χ4v) is 2.35. The van der Waals surface area contributed by atoms with Crippen molar-refractivity contribution >= 4 is 35.1 Å². The molecule has 2 nitrogen and oxygen atoms in total. The molecule has 0 aliphatic carbocycles. The molecule has 0 unspecified atom stereocenters. The van der Waals surface area contributed by atoms with E-state index in [-0.39, 0.29) is 17.1 Å². The Balaban J connectivity index is 2.33. The maximum atomic E-state index is 12.3. The van der Waals surface area contributed by atoms with Crippen LogP contribution in [0.3, 0.4) is 0 Å². The molecule has 0 heterocycles. The summed E-state index contributed by atoms with van der Waals surface area (Å²) in [5.41, 5.74) is 2.41. The predicted molar refractivity (Wildman–Crippen MR) is 87.4 cm³/mol. The van der Waals surface area contributed by atoms with E-state index >= 15 is 0 Å². The molecule has 0 amide bonds. The summed E-state index contributed by atoms with van der Waals surface area (Å²) >= 11 is 11.9. The van der Waals surface area contributed by atoms with Gasteiger partial charge in [0, 0.05) is 10.0 Å². The minimum atomic E-state index is -0.290. The molecule has 4 heteroatoms. The van der Waals surface area contributed by atoms with E-state index in [0.29, 0.717) is 15.6 Å². The van der Waals surface area contributed by atoms with Crippen molar-refractivity contribution in [1.29, 1.82) is 0 Å². The molecular formula is C17H14Cl2O2. The molecule has 108 valence electrons. The summed E-state index contributed by atoms with van der Waals surface area (Å²) in [7, 11) is 0. The largest absolute Gasteiger partial charge is 0.507 e. The summed E-state index contributed by atoms with van der Waals surface area (Å²) in [6, 6.07) is 8.61. The molecule has 1 N–H and O–H groups in total. The molecule has 0 saturated heterocycles. The zero-order valence-corrected chi connectivity index (χ0v) is 13.2. The molecule has 2 aromatic rings. The van der Waals surface area contributed by atoms with E-state index in [0.717, 1.165) is 11.1 Å². The van der Waals surface area contributed by atoms with Crippen LogP contribution in [0.15, 0.2) is 36.4 Å². The van der Waals surface area contributed by atoms with Crippen LogP contribution in [0.25, 0.3) is 6.08 Å². The van der Waals surface area contributed by atoms with E-state index in [1.165, 1.54) is 12.1 Å². The van der Waals surface area contributed by atoms with E-state index in [9.17, 15) is 9.90 Å². The number of phenols is 1. The van der Waals surface area contributed by atoms with Crippen LogP contribution in [0.4, 0.5) is 0 Å². The molecule has 0 fully saturated rings. The lowest BCUT2D eigenvalue weighted by molar-refractivity contribution is 0.104. The summed E-state index contributed by atoms with van der Waals surface area (Å²) in [6.45, 7) is 3.51. The lowest BCUT2D eigenvalue weighted by atomic mass is 10.00. The smallest absolute Gasteiger partial charge is 0.189 e. The van der Waals surface area contributed by atoms with Crippen LogP contribution >= 0.6 is 23.2 Å². The first-order chi connectivity index (χ1) is 9.90. The number of aromatic hydroxyl groups is 1. The number of hydrogen-bond donors (Lipinski definition) is 1. The quantitative estimate of drug-likeness (QED) is 0.622. The number of aryl methyl sites for hydroxylation is 1. The van der Waals surface area contributed by atoms with Gasteiger partial charge in [-0.3, -0.25) is 4.79 Å². The average molecular weight is 321 g/mol. The molecule has 0 spiro atoms. The lowest BCUT2D eigenvalue weighted by Crippen LogP contribution is -2.00. The highest BCUT2D eigenvalue weighted by Gasteiger charge is 2.16. The number of rotatable bonds is 3. The number of phenolic OH excluding ortho intramolecular Hbond substituents is 1. The highest BCUT2D eigenvalue weighted by molar-refractivity contribution is 6.33. The van der Waals surface area contributed by atoms with Crippen molar-refractivity contribution < 1.29 is 9.90 Å². The minimum absolute atomic E-state index is 0.0554. The molecule has 0 radical (unpaired) electrons. The molecule has 0 saturated carbocycles. The van der Waals surface area contributed by atoms with Crippen molar-refractivity contribution in [3.8, 4) is 5.75 Å². The first-order valence-corrected chi connectivity index (χ1v) is 7.12. The molecular weight excluding hydrogens is 307 g/mol. The van der Waals surface area contributed by atoms with E-state index in [4.69, 9.17) is 23.2 Å². The van der Waals surface area contributed by atoms with Gasteiger partial charge in [-0.25, -0.2) is 0 Å². The Labute approximate surface area is 133 Å². The minimum Gasteiger partial charge on any atom is -0.507 e. The molecule has 2 rings (SSSR count). The molecule has 0 bridgehead atoms. The first kappa shape index (κ1) is 15.6. The monoisotopic (exact) mass is 320 g/mol. The second-order valence-electron chi connectivity index (χ2n) is 4.78. The summed E-state index contributed by atoms with van der Waals surface area (Å²) < 4.78 is 0. The Morgan fingerprint density at radius 2 is 1.76 bits per heavy atom. The summed E-state index contributed by atoms with van der Waals surface area (Å²) in [4.78, 5) is 12.3. The maximum Gasteiger partial charge on any atom is 0.189 e. The van der Waals surface area contributed by atoms with Gasteiger partial charge in [0.25, 0.3) is 0 Å². The van der Waals surface area contributed by atoms with Gasteiger partial charge in [-0.05, 0) is 54.8 Å². The van der Waals surface area contributed by atoms with Crippen molar-refractivity contribution in [3.63, 3.8) is 0 Å². The SMILES string of the molecule is Cc1cc(O)c(C(=O)/C=C/c2ccc(Cl)cc2)c(C)c1Cl. The molecule has 0 aliphatic heterocycles. The number of ketones is 1. The van der Waals surface area contributed by atoms with Gasteiger partial charge in [-0.15, -0.1) is 0 Å². The number of hydrogen-bond acceptors (Lipinski definition) is 2. The highest BCUT2D eigenvalue weighted by Crippen LogP contribution is 2.31. The van der Waals surface area contributed by atoms with Crippen LogP contribution in [0.2, 0.25) is 10.0 Å². The van der Waals surface area contributed by atoms with E-state index in [1.807, 2.05) is 0 Å². The first-order valence-electron chi connectivity index (χ1n) is 6.37. The van der Waals surface area contributed by atoms with Crippen molar-refractivity contribution in [3.05, 3.63) is 68.7 Å². The molecule has 0 aromatic heterocycles. The number of halogens is 2. The van der Waals surface area contributed by atoms with Crippen molar-refractivity contribution in [1.82, 2.24) is 0 Å². The second kappa shape index (κ2) is 6.33. The summed E-state index contributed by atoms with van der Waals surface area (Å²) in [6.07, 6.45) is 3.09. The standard InChI is InChI=1S/C17H14Cl2O2/c1-10-9-15(21)16(11(2)17(10)19)14(20)8-5-12-3-6-13(18)7-4-12/h3-9,21H,1-2H3/b8-5+. The zero-order valence-electron chi connectivity index (χ0n) is 11.7. The predicted octanol–water partition coefficient (Wildman–Crippen LogP) is 5.21. The molecule has 0 atom stereocenters. The van der Waals surface area contributed by atoms with Gasteiger partial charge >= 0.3 is 0 Å². The van der Waals surface area contributed by atoms with E-state index < -0.39 is 0 Å². The van der Waals surface area contributed by atoms with Crippen LogP contribution in [0.1, 0.15) is 27.0 Å². The van der Waals surface area contributed by atoms with Crippen LogP contribution in [0.5, 0.6) is 5.75 Å². The van der Waals surface area contributed by atoms with E-state index in [2.05, 4.69) is 0 Å². The third kappa shape index (κ3) is 3.46. The molecule has 2 aromatic carbocycles. The van der Waals surface area contributed by atoms with Crippen molar-refractivity contribution in [2.24, 2.45) is 0 Å². The van der Waals surface area contributed by atoms with Gasteiger partial charge in [-0.1, -0.05) is 41.4 Å². The molecule has 21 heavy (non-hydrogen) atoms. The number of carbonyl (C=O) groups excluding carboxylic acids is 1. The third-order valence-corrected chi connectivity index (χ3v) is 4.04. The van der Waals surface area contributed by atoms with Gasteiger partial charge in [0.15, 0.2) is 5.78 Å².